The van der Waals surface area contributed by atoms with E-state index >= 15 is 0 Å². The van der Waals surface area contributed by atoms with Crippen molar-refractivity contribution in [1.82, 2.24) is 9.38 Å². The van der Waals surface area contributed by atoms with E-state index in [0.717, 1.165) is 29.3 Å². The fraction of sp³-hybridized carbons (Fsp3) is 0.235. The summed E-state index contributed by atoms with van der Waals surface area (Å²) in [5.41, 5.74) is 10.3. The van der Waals surface area contributed by atoms with Gasteiger partial charge in [-0.1, -0.05) is 23.8 Å². The first-order valence-electron chi connectivity index (χ1n) is 7.17. The minimum absolute atomic E-state index is 0.609. The van der Waals surface area contributed by atoms with Crippen LogP contribution >= 0.6 is 0 Å². The van der Waals surface area contributed by atoms with Gasteiger partial charge in [0.15, 0.2) is 5.82 Å². The van der Waals surface area contributed by atoms with Crippen molar-refractivity contribution in [2.24, 2.45) is 5.73 Å². The van der Waals surface area contributed by atoms with Crippen molar-refractivity contribution in [1.29, 1.82) is 0 Å². The largest absolute Gasteiger partial charge is 0.330 e. The van der Waals surface area contributed by atoms with Gasteiger partial charge in [-0.2, -0.15) is 0 Å². The minimum atomic E-state index is 0.609. The van der Waals surface area contributed by atoms with Gasteiger partial charge in [-0.05, 0) is 37.7 Å². The number of imidazole rings is 1. The Morgan fingerprint density at radius 2 is 1.90 bits per heavy atom. The van der Waals surface area contributed by atoms with Crippen LogP contribution in [0.5, 0.6) is 0 Å². The molecule has 0 amide bonds. The lowest BCUT2D eigenvalue weighted by Gasteiger charge is -2.18. The van der Waals surface area contributed by atoms with E-state index < -0.39 is 0 Å². The summed E-state index contributed by atoms with van der Waals surface area (Å²) >= 11 is 0. The maximum absolute atomic E-state index is 5.78. The number of aromatic nitrogens is 2. The van der Waals surface area contributed by atoms with E-state index in [4.69, 9.17) is 10.7 Å². The summed E-state index contributed by atoms with van der Waals surface area (Å²) in [5.74, 6) is 0.968. The van der Waals surface area contributed by atoms with E-state index in [9.17, 15) is 0 Å². The molecule has 2 aromatic heterocycles. The Morgan fingerprint density at radius 1 is 1.14 bits per heavy atom. The van der Waals surface area contributed by atoms with Gasteiger partial charge in [-0.15, -0.1) is 0 Å². The highest BCUT2D eigenvalue weighted by Crippen LogP contribution is 2.27. The van der Waals surface area contributed by atoms with Crippen molar-refractivity contribution in [3.8, 4) is 0 Å². The lowest BCUT2D eigenvalue weighted by molar-refractivity contribution is 0.899. The second kappa shape index (κ2) is 5.58. The molecule has 0 aliphatic heterocycles. The second-order valence-electron chi connectivity index (χ2n) is 5.24. The molecular formula is C17H20N4. The third-order valence-electron chi connectivity index (χ3n) is 3.73. The molecule has 2 heterocycles. The van der Waals surface area contributed by atoms with Crippen molar-refractivity contribution in [3.05, 3.63) is 59.9 Å². The molecule has 3 rings (SSSR count). The van der Waals surface area contributed by atoms with Crippen LogP contribution in [0.25, 0.3) is 5.65 Å². The highest BCUT2D eigenvalue weighted by Gasteiger charge is 2.16. The summed E-state index contributed by atoms with van der Waals surface area (Å²) in [6.45, 7) is 2.70. The number of aryl methyl sites for hydroxylation is 1. The summed E-state index contributed by atoms with van der Waals surface area (Å²) < 4.78 is 2.12. The zero-order valence-electron chi connectivity index (χ0n) is 12.5. The van der Waals surface area contributed by atoms with Gasteiger partial charge in [0.2, 0.25) is 0 Å². The van der Waals surface area contributed by atoms with Crippen LogP contribution in [0.2, 0.25) is 0 Å². The van der Waals surface area contributed by atoms with Crippen molar-refractivity contribution in [2.75, 3.05) is 18.5 Å². The van der Waals surface area contributed by atoms with Gasteiger partial charge in [0.05, 0.1) is 5.69 Å². The van der Waals surface area contributed by atoms with E-state index in [-0.39, 0.29) is 0 Å². The molecule has 0 saturated carbocycles. The van der Waals surface area contributed by atoms with Crippen molar-refractivity contribution < 1.29 is 0 Å². The standard InChI is InChI=1S/C17H20N4/c1-13-6-8-14(9-7-13)20(2)17-15(10-11-18)21-12-4-3-5-16(21)19-17/h3-9,12H,10-11,18H2,1-2H3. The van der Waals surface area contributed by atoms with Crippen LogP contribution < -0.4 is 10.6 Å². The van der Waals surface area contributed by atoms with Crippen LogP contribution in [0.15, 0.2) is 48.7 Å². The van der Waals surface area contributed by atoms with Gasteiger partial charge < -0.3 is 15.0 Å². The number of benzene rings is 1. The maximum atomic E-state index is 5.78. The third kappa shape index (κ3) is 2.50. The number of fused-ring (bicyclic) bond motifs is 1. The average molecular weight is 280 g/mol. The first-order chi connectivity index (χ1) is 10.2. The Balaban J connectivity index is 2.10. The van der Waals surface area contributed by atoms with Gasteiger partial charge in [0.25, 0.3) is 0 Å². The molecule has 0 atom stereocenters. The molecule has 0 fully saturated rings. The molecule has 0 radical (unpaired) electrons. The Kier molecular flexibility index (Phi) is 3.62. The molecule has 21 heavy (non-hydrogen) atoms. The Bertz CT molecular complexity index is 743. The van der Waals surface area contributed by atoms with Crippen molar-refractivity contribution in [3.63, 3.8) is 0 Å². The highest BCUT2D eigenvalue weighted by atomic mass is 15.2. The Labute approximate surface area is 124 Å². The van der Waals surface area contributed by atoms with E-state index in [2.05, 4.69) is 40.5 Å². The number of pyridine rings is 1. The summed E-state index contributed by atoms with van der Waals surface area (Å²) in [6, 6.07) is 14.5. The molecule has 4 heteroatoms. The monoisotopic (exact) mass is 280 g/mol. The van der Waals surface area contributed by atoms with Crippen LogP contribution in [0.1, 0.15) is 11.3 Å². The SMILES string of the molecule is Cc1ccc(N(C)c2nc3ccccn3c2CCN)cc1. The highest BCUT2D eigenvalue weighted by molar-refractivity contribution is 5.65. The van der Waals surface area contributed by atoms with Gasteiger partial charge in [0.1, 0.15) is 5.65 Å². The van der Waals surface area contributed by atoms with Gasteiger partial charge >= 0.3 is 0 Å². The lowest BCUT2D eigenvalue weighted by atomic mass is 10.2. The number of nitrogens with two attached hydrogens (primary N) is 1. The van der Waals surface area contributed by atoms with E-state index in [1.165, 1.54) is 5.56 Å². The molecule has 0 unspecified atom stereocenters. The van der Waals surface area contributed by atoms with Gasteiger partial charge in [0, 0.05) is 25.4 Å². The number of hydrogen-bond donors (Lipinski definition) is 1. The number of anilines is 2. The maximum Gasteiger partial charge on any atom is 0.155 e. The molecule has 2 N–H and O–H groups in total. The number of hydrogen-bond acceptors (Lipinski definition) is 3. The lowest BCUT2D eigenvalue weighted by Crippen LogP contribution is -2.14. The molecule has 0 bridgehead atoms. The normalized spacial score (nSPS) is 11.0. The van der Waals surface area contributed by atoms with Crippen LogP contribution in [0.4, 0.5) is 11.5 Å². The molecule has 0 aliphatic rings. The smallest absolute Gasteiger partial charge is 0.155 e. The van der Waals surface area contributed by atoms with Crippen molar-refractivity contribution in [2.45, 2.75) is 13.3 Å². The van der Waals surface area contributed by atoms with Crippen LogP contribution in [-0.2, 0) is 6.42 Å². The van der Waals surface area contributed by atoms with Crippen LogP contribution in [-0.4, -0.2) is 23.0 Å². The zero-order valence-corrected chi connectivity index (χ0v) is 12.5. The number of nitrogens with zero attached hydrogens (tertiary/aromatic N) is 3. The van der Waals surface area contributed by atoms with E-state index in [1.807, 2.05) is 31.4 Å². The minimum Gasteiger partial charge on any atom is -0.330 e. The summed E-state index contributed by atoms with van der Waals surface area (Å²) in [4.78, 5) is 6.89. The fourth-order valence-corrected chi connectivity index (χ4v) is 2.56. The summed E-state index contributed by atoms with van der Waals surface area (Å²) in [5, 5.41) is 0. The zero-order chi connectivity index (χ0) is 14.8. The van der Waals surface area contributed by atoms with Crippen LogP contribution in [0.3, 0.4) is 0 Å². The van der Waals surface area contributed by atoms with E-state index in [1.54, 1.807) is 0 Å². The predicted molar refractivity (Wildman–Crippen MR) is 87.2 cm³/mol. The van der Waals surface area contributed by atoms with E-state index in [0.29, 0.717) is 6.54 Å². The van der Waals surface area contributed by atoms with Crippen LogP contribution in [0, 0.1) is 6.92 Å². The van der Waals surface area contributed by atoms with Gasteiger partial charge in [-0.3, -0.25) is 0 Å². The predicted octanol–water partition coefficient (Wildman–Crippen LogP) is 2.91. The fourth-order valence-electron chi connectivity index (χ4n) is 2.56. The summed E-state index contributed by atoms with van der Waals surface area (Å²) in [6.07, 6.45) is 2.84. The molecule has 108 valence electrons. The first kappa shape index (κ1) is 13.6. The molecule has 3 aromatic rings. The van der Waals surface area contributed by atoms with Gasteiger partial charge in [-0.25, -0.2) is 4.98 Å². The molecule has 1 aromatic carbocycles. The quantitative estimate of drug-likeness (QED) is 0.799. The summed E-state index contributed by atoms with van der Waals surface area (Å²) in [7, 11) is 2.05. The van der Waals surface area contributed by atoms with Crippen molar-refractivity contribution >= 4 is 17.2 Å². The molecule has 0 aliphatic carbocycles. The molecule has 0 saturated heterocycles. The third-order valence-corrected chi connectivity index (χ3v) is 3.73. The molecule has 0 spiro atoms. The number of rotatable bonds is 4. The average Bonchev–Trinajstić information content (AvgIpc) is 2.87. The Hall–Kier alpha value is -2.33. The topological polar surface area (TPSA) is 46.6 Å². The molecular weight excluding hydrogens is 260 g/mol. The molecule has 4 nitrogen and oxygen atoms in total. The first-order valence-corrected chi connectivity index (χ1v) is 7.17. The Morgan fingerprint density at radius 3 is 2.62 bits per heavy atom. The second-order valence-corrected chi connectivity index (χ2v) is 5.24.